The molecule has 0 atom stereocenters. The van der Waals surface area contributed by atoms with Crippen LogP contribution in [0.3, 0.4) is 0 Å². The maximum Gasteiger partial charge on any atom is 0.201 e. The lowest BCUT2D eigenvalue weighted by Gasteiger charge is -1.98. The van der Waals surface area contributed by atoms with Crippen molar-refractivity contribution in [1.82, 2.24) is 20.0 Å². The molecular formula is C16H18N4O3S2. The second-order valence-corrected chi connectivity index (χ2v) is 8.47. The number of hydrogen-bond donors (Lipinski definition) is 1. The number of rotatable bonds is 8. The van der Waals surface area contributed by atoms with Crippen LogP contribution in [0.15, 0.2) is 46.9 Å². The quantitative estimate of drug-likeness (QED) is 0.635. The van der Waals surface area contributed by atoms with Gasteiger partial charge in [-0.05, 0) is 12.0 Å². The normalized spacial score (nSPS) is 11.7. The molecular weight excluding hydrogens is 360 g/mol. The SMILES string of the molecule is O=S(=O)(CCO)c1cnn(Cc2csc(CCc3ccccc3)n2)n1. The van der Waals surface area contributed by atoms with Gasteiger partial charge in [-0.2, -0.15) is 9.90 Å². The van der Waals surface area contributed by atoms with Crippen molar-refractivity contribution in [2.45, 2.75) is 24.4 Å². The summed E-state index contributed by atoms with van der Waals surface area (Å²) in [5.41, 5.74) is 2.07. The van der Waals surface area contributed by atoms with Crippen molar-refractivity contribution in [1.29, 1.82) is 0 Å². The van der Waals surface area contributed by atoms with Crippen molar-refractivity contribution >= 4 is 21.2 Å². The fourth-order valence-electron chi connectivity index (χ4n) is 2.30. The Kier molecular flexibility index (Phi) is 5.57. The minimum atomic E-state index is -3.58. The van der Waals surface area contributed by atoms with Crippen molar-refractivity contribution in [3.8, 4) is 0 Å². The van der Waals surface area contributed by atoms with Gasteiger partial charge in [0.05, 0.1) is 29.3 Å². The predicted molar refractivity (Wildman–Crippen MR) is 94.2 cm³/mol. The van der Waals surface area contributed by atoms with Gasteiger partial charge < -0.3 is 5.11 Å². The van der Waals surface area contributed by atoms with Crippen LogP contribution in [0.1, 0.15) is 16.3 Å². The van der Waals surface area contributed by atoms with Gasteiger partial charge in [0.2, 0.25) is 9.84 Å². The number of aliphatic hydroxyl groups is 1. The van der Waals surface area contributed by atoms with Crippen molar-refractivity contribution in [3.05, 3.63) is 58.2 Å². The van der Waals surface area contributed by atoms with Crippen molar-refractivity contribution in [3.63, 3.8) is 0 Å². The molecule has 9 heteroatoms. The first-order chi connectivity index (χ1) is 12.1. The Bertz CT molecular complexity index is 920. The Balaban J connectivity index is 1.61. The maximum atomic E-state index is 11.8. The van der Waals surface area contributed by atoms with Crippen LogP contribution in [0, 0.1) is 0 Å². The van der Waals surface area contributed by atoms with Crippen LogP contribution in [0.25, 0.3) is 0 Å². The van der Waals surface area contributed by atoms with Crippen LogP contribution in [0.2, 0.25) is 0 Å². The summed E-state index contributed by atoms with van der Waals surface area (Å²) in [7, 11) is -3.58. The molecule has 0 fully saturated rings. The molecule has 3 aromatic rings. The van der Waals surface area contributed by atoms with Crippen LogP contribution in [-0.4, -0.2) is 45.9 Å². The highest BCUT2D eigenvalue weighted by Gasteiger charge is 2.18. The Morgan fingerprint density at radius 1 is 1.16 bits per heavy atom. The smallest absolute Gasteiger partial charge is 0.201 e. The zero-order valence-electron chi connectivity index (χ0n) is 13.4. The molecule has 1 N–H and O–H groups in total. The zero-order valence-corrected chi connectivity index (χ0v) is 15.1. The molecule has 0 amide bonds. The number of aliphatic hydroxyl groups excluding tert-OH is 1. The van der Waals surface area contributed by atoms with E-state index in [1.807, 2.05) is 23.6 Å². The number of nitrogens with zero attached hydrogens (tertiary/aromatic N) is 4. The van der Waals surface area contributed by atoms with Gasteiger partial charge in [-0.1, -0.05) is 30.3 Å². The summed E-state index contributed by atoms with van der Waals surface area (Å²) in [6.07, 6.45) is 2.99. The molecule has 25 heavy (non-hydrogen) atoms. The highest BCUT2D eigenvalue weighted by atomic mass is 32.2. The van der Waals surface area contributed by atoms with E-state index in [9.17, 15) is 8.42 Å². The highest BCUT2D eigenvalue weighted by molar-refractivity contribution is 7.91. The molecule has 0 unspecified atom stereocenters. The highest BCUT2D eigenvalue weighted by Crippen LogP contribution is 2.14. The van der Waals surface area contributed by atoms with E-state index in [2.05, 4.69) is 27.3 Å². The molecule has 2 heterocycles. The monoisotopic (exact) mass is 378 g/mol. The summed E-state index contributed by atoms with van der Waals surface area (Å²) in [6.45, 7) is -0.122. The van der Waals surface area contributed by atoms with Gasteiger partial charge >= 0.3 is 0 Å². The second kappa shape index (κ2) is 7.85. The molecule has 2 aromatic heterocycles. The first kappa shape index (κ1) is 17.7. The number of hydrogen-bond acceptors (Lipinski definition) is 7. The predicted octanol–water partition coefficient (Wildman–Crippen LogP) is 1.33. The third-order valence-corrected chi connectivity index (χ3v) is 6.07. The Morgan fingerprint density at radius 2 is 1.96 bits per heavy atom. The first-order valence-electron chi connectivity index (χ1n) is 7.78. The summed E-state index contributed by atoms with van der Waals surface area (Å²) in [4.78, 5) is 5.86. The van der Waals surface area contributed by atoms with Gasteiger partial charge in [0.25, 0.3) is 0 Å². The van der Waals surface area contributed by atoms with Gasteiger partial charge in [-0.25, -0.2) is 13.4 Å². The van der Waals surface area contributed by atoms with Crippen LogP contribution in [-0.2, 0) is 29.2 Å². The Labute approximate surface area is 149 Å². The summed E-state index contributed by atoms with van der Waals surface area (Å²) < 4.78 is 23.7. The van der Waals surface area contributed by atoms with Gasteiger partial charge in [-0.3, -0.25) is 0 Å². The fourth-order valence-corrected chi connectivity index (χ4v) is 3.97. The standard InChI is InChI=1S/C16H18N4O3S2/c21-8-9-25(22,23)16-10-17-20(19-16)11-14-12-24-15(18-14)7-6-13-4-2-1-3-5-13/h1-5,10,12,21H,6-9,11H2. The third-order valence-electron chi connectivity index (χ3n) is 3.57. The van der Waals surface area contributed by atoms with E-state index in [1.54, 1.807) is 11.3 Å². The van der Waals surface area contributed by atoms with Gasteiger partial charge in [0, 0.05) is 11.8 Å². The molecule has 0 bridgehead atoms. The number of aryl methyl sites for hydroxylation is 2. The Morgan fingerprint density at radius 3 is 2.72 bits per heavy atom. The topological polar surface area (TPSA) is 98.0 Å². The molecule has 0 aliphatic rings. The lowest BCUT2D eigenvalue weighted by atomic mass is 10.1. The van der Waals surface area contributed by atoms with E-state index in [1.165, 1.54) is 16.6 Å². The minimum absolute atomic E-state index is 0.124. The first-order valence-corrected chi connectivity index (χ1v) is 10.3. The molecule has 0 aliphatic heterocycles. The molecule has 7 nitrogen and oxygen atoms in total. The molecule has 0 radical (unpaired) electrons. The number of thiazole rings is 1. The van der Waals surface area contributed by atoms with Crippen molar-refractivity contribution in [2.75, 3.05) is 12.4 Å². The summed E-state index contributed by atoms with van der Waals surface area (Å²) in [6, 6.07) is 10.2. The minimum Gasteiger partial charge on any atom is -0.395 e. The van der Waals surface area contributed by atoms with Gasteiger partial charge in [0.1, 0.15) is 6.54 Å². The average Bonchev–Trinajstić information content (AvgIpc) is 3.24. The third kappa shape index (κ3) is 4.71. The number of aromatic nitrogens is 4. The maximum absolute atomic E-state index is 11.8. The van der Waals surface area contributed by atoms with E-state index in [0.29, 0.717) is 6.54 Å². The molecule has 3 rings (SSSR count). The van der Waals surface area contributed by atoms with Crippen LogP contribution < -0.4 is 0 Å². The van der Waals surface area contributed by atoms with E-state index in [-0.39, 0.29) is 10.8 Å². The van der Waals surface area contributed by atoms with Gasteiger partial charge in [-0.15, -0.1) is 16.4 Å². The zero-order chi connectivity index (χ0) is 17.7. The lowest BCUT2D eigenvalue weighted by molar-refractivity contribution is 0.319. The van der Waals surface area contributed by atoms with Gasteiger partial charge in [0.15, 0.2) is 5.03 Å². The largest absolute Gasteiger partial charge is 0.395 e. The van der Waals surface area contributed by atoms with Crippen molar-refractivity contribution < 1.29 is 13.5 Å². The van der Waals surface area contributed by atoms with E-state index >= 15 is 0 Å². The molecule has 132 valence electrons. The molecule has 1 aromatic carbocycles. The van der Waals surface area contributed by atoms with E-state index < -0.39 is 16.4 Å². The van der Waals surface area contributed by atoms with E-state index in [4.69, 9.17) is 5.11 Å². The Hall–Kier alpha value is -2.10. The van der Waals surface area contributed by atoms with Crippen LogP contribution >= 0.6 is 11.3 Å². The average molecular weight is 378 g/mol. The molecule has 0 spiro atoms. The van der Waals surface area contributed by atoms with Crippen molar-refractivity contribution in [2.24, 2.45) is 0 Å². The molecule has 0 saturated carbocycles. The van der Waals surface area contributed by atoms with Crippen LogP contribution in [0.4, 0.5) is 0 Å². The summed E-state index contributed by atoms with van der Waals surface area (Å²) >= 11 is 1.58. The second-order valence-electron chi connectivity index (χ2n) is 5.47. The number of benzene rings is 1. The number of sulfone groups is 1. The molecule has 0 aliphatic carbocycles. The summed E-state index contributed by atoms with van der Waals surface area (Å²) in [5.74, 6) is -0.355. The lowest BCUT2D eigenvalue weighted by Crippen LogP contribution is -2.12. The van der Waals surface area contributed by atoms with E-state index in [0.717, 1.165) is 23.5 Å². The summed E-state index contributed by atoms with van der Waals surface area (Å²) in [5, 5.41) is 19.6. The fraction of sp³-hybridized carbons (Fsp3) is 0.312. The van der Waals surface area contributed by atoms with Crippen LogP contribution in [0.5, 0.6) is 0 Å². The molecule has 0 saturated heterocycles.